The zero-order valence-corrected chi connectivity index (χ0v) is 18.9. The average Bonchev–Trinajstić information content (AvgIpc) is 2.68. The SMILES string of the molecule is CCN[C@@H](C)Cc1cccc(C(F)(F)F)c1.CCN[C@@H](C)Cc1cccc(C(F)(F)F)c1. The van der Waals surface area contributed by atoms with Gasteiger partial charge in [0.15, 0.2) is 0 Å². The summed E-state index contributed by atoms with van der Waals surface area (Å²) in [5, 5.41) is 6.34. The Labute approximate surface area is 186 Å². The number of alkyl halides is 6. The van der Waals surface area contributed by atoms with E-state index in [1.165, 1.54) is 24.3 Å². The lowest BCUT2D eigenvalue weighted by atomic mass is 10.0. The molecule has 0 aromatic heterocycles. The van der Waals surface area contributed by atoms with Gasteiger partial charge in [-0.2, -0.15) is 26.3 Å². The van der Waals surface area contributed by atoms with E-state index < -0.39 is 23.5 Å². The standard InChI is InChI=1S/2C12H16F3N/c2*1-3-16-9(2)7-10-5-4-6-11(8-10)12(13,14)15/h2*4-6,8-9,16H,3,7H2,1-2H3/t2*9-/m00/s1. The van der Waals surface area contributed by atoms with Crippen LogP contribution in [-0.4, -0.2) is 25.2 Å². The third-order valence-corrected chi connectivity index (χ3v) is 4.70. The van der Waals surface area contributed by atoms with Gasteiger partial charge in [-0.25, -0.2) is 0 Å². The molecule has 2 aromatic carbocycles. The Morgan fingerprint density at radius 3 is 1.28 bits per heavy atom. The molecule has 0 heterocycles. The van der Waals surface area contributed by atoms with Gasteiger partial charge in [0.1, 0.15) is 0 Å². The van der Waals surface area contributed by atoms with Crippen molar-refractivity contribution in [2.75, 3.05) is 13.1 Å². The van der Waals surface area contributed by atoms with Crippen LogP contribution in [0.3, 0.4) is 0 Å². The first kappa shape index (κ1) is 28.0. The van der Waals surface area contributed by atoms with Crippen molar-refractivity contribution in [3.63, 3.8) is 0 Å². The summed E-state index contributed by atoms with van der Waals surface area (Å²) in [7, 11) is 0. The minimum absolute atomic E-state index is 0.188. The molecular weight excluding hydrogens is 430 g/mol. The number of rotatable bonds is 8. The summed E-state index contributed by atoms with van der Waals surface area (Å²) >= 11 is 0. The van der Waals surface area contributed by atoms with E-state index in [9.17, 15) is 26.3 Å². The second kappa shape index (κ2) is 12.8. The largest absolute Gasteiger partial charge is 0.416 e. The summed E-state index contributed by atoms with van der Waals surface area (Å²) in [5.74, 6) is 0. The molecule has 2 N–H and O–H groups in total. The van der Waals surface area contributed by atoms with Crippen molar-refractivity contribution in [1.82, 2.24) is 10.6 Å². The number of halogens is 6. The fourth-order valence-electron chi connectivity index (χ4n) is 3.30. The molecule has 0 saturated heterocycles. The number of nitrogens with one attached hydrogen (secondary N) is 2. The van der Waals surface area contributed by atoms with E-state index in [0.717, 1.165) is 25.2 Å². The molecule has 0 unspecified atom stereocenters. The molecule has 0 aliphatic rings. The molecule has 0 saturated carbocycles. The molecule has 0 radical (unpaired) electrons. The van der Waals surface area contributed by atoms with E-state index in [0.29, 0.717) is 24.0 Å². The van der Waals surface area contributed by atoms with E-state index in [1.54, 1.807) is 12.1 Å². The van der Waals surface area contributed by atoms with Crippen LogP contribution in [0.5, 0.6) is 0 Å². The Morgan fingerprint density at radius 2 is 1.00 bits per heavy atom. The van der Waals surface area contributed by atoms with Gasteiger partial charge in [-0.05, 0) is 63.0 Å². The van der Waals surface area contributed by atoms with Crippen LogP contribution in [0.1, 0.15) is 49.9 Å². The van der Waals surface area contributed by atoms with E-state index >= 15 is 0 Å². The van der Waals surface area contributed by atoms with Crippen LogP contribution in [-0.2, 0) is 25.2 Å². The highest BCUT2D eigenvalue weighted by Crippen LogP contribution is 2.30. The lowest BCUT2D eigenvalue weighted by molar-refractivity contribution is -0.138. The maximum Gasteiger partial charge on any atom is 0.416 e. The van der Waals surface area contributed by atoms with Crippen LogP contribution in [0, 0.1) is 0 Å². The topological polar surface area (TPSA) is 24.1 Å². The fraction of sp³-hybridized carbons (Fsp3) is 0.500. The van der Waals surface area contributed by atoms with Gasteiger partial charge in [0.25, 0.3) is 0 Å². The molecule has 0 fully saturated rings. The molecule has 0 spiro atoms. The normalized spacial score (nSPS) is 13.8. The minimum Gasteiger partial charge on any atom is -0.314 e. The Kier molecular flexibility index (Phi) is 11.2. The van der Waals surface area contributed by atoms with Crippen LogP contribution < -0.4 is 10.6 Å². The first-order valence-corrected chi connectivity index (χ1v) is 10.7. The predicted molar refractivity (Wildman–Crippen MR) is 117 cm³/mol. The predicted octanol–water partition coefficient (Wildman–Crippen LogP) is 6.49. The van der Waals surface area contributed by atoms with Crippen molar-refractivity contribution in [3.8, 4) is 0 Å². The van der Waals surface area contributed by atoms with Crippen molar-refractivity contribution in [1.29, 1.82) is 0 Å². The summed E-state index contributed by atoms with van der Waals surface area (Å²) in [4.78, 5) is 0. The van der Waals surface area contributed by atoms with E-state index in [-0.39, 0.29) is 12.1 Å². The summed E-state index contributed by atoms with van der Waals surface area (Å²) in [6.07, 6.45) is -7.29. The fourth-order valence-corrected chi connectivity index (χ4v) is 3.30. The molecule has 0 bridgehead atoms. The molecule has 8 heteroatoms. The highest BCUT2D eigenvalue weighted by Gasteiger charge is 2.31. The van der Waals surface area contributed by atoms with Gasteiger partial charge in [-0.3, -0.25) is 0 Å². The van der Waals surface area contributed by atoms with Gasteiger partial charge in [0.05, 0.1) is 11.1 Å². The van der Waals surface area contributed by atoms with Gasteiger partial charge in [-0.15, -0.1) is 0 Å². The molecule has 0 aliphatic carbocycles. The van der Waals surface area contributed by atoms with E-state index in [2.05, 4.69) is 10.6 Å². The Balaban J connectivity index is 0.000000320. The quantitative estimate of drug-likeness (QED) is 0.438. The van der Waals surface area contributed by atoms with Gasteiger partial charge >= 0.3 is 12.4 Å². The summed E-state index contributed by atoms with van der Waals surface area (Å²) in [5.41, 5.74) is 0.272. The van der Waals surface area contributed by atoms with E-state index in [4.69, 9.17) is 0 Å². The van der Waals surface area contributed by atoms with Crippen LogP contribution in [0.2, 0.25) is 0 Å². The summed E-state index contributed by atoms with van der Waals surface area (Å²) < 4.78 is 74.6. The Morgan fingerprint density at radius 1 is 0.656 bits per heavy atom. The maximum absolute atomic E-state index is 12.4. The summed E-state index contributed by atoms with van der Waals surface area (Å²) in [6.45, 7) is 9.51. The Bertz CT molecular complexity index is 734. The lowest BCUT2D eigenvalue weighted by Gasteiger charge is -2.13. The van der Waals surface area contributed by atoms with Crippen molar-refractivity contribution in [3.05, 3.63) is 70.8 Å². The monoisotopic (exact) mass is 462 g/mol. The molecule has 2 atom stereocenters. The van der Waals surface area contributed by atoms with E-state index in [1.807, 2.05) is 27.7 Å². The molecule has 0 aliphatic heterocycles. The maximum atomic E-state index is 12.4. The second-order valence-corrected chi connectivity index (χ2v) is 7.72. The number of hydrogen-bond donors (Lipinski definition) is 2. The zero-order valence-electron chi connectivity index (χ0n) is 18.9. The average molecular weight is 463 g/mol. The van der Waals surface area contributed by atoms with Crippen molar-refractivity contribution in [2.24, 2.45) is 0 Å². The molecule has 2 aromatic rings. The molecular formula is C24H32F6N2. The summed E-state index contributed by atoms with van der Waals surface area (Å²) in [6, 6.07) is 11.4. The second-order valence-electron chi connectivity index (χ2n) is 7.72. The first-order chi connectivity index (χ1) is 14.9. The smallest absolute Gasteiger partial charge is 0.314 e. The molecule has 2 rings (SSSR count). The van der Waals surface area contributed by atoms with Gasteiger partial charge in [-0.1, -0.05) is 50.2 Å². The van der Waals surface area contributed by atoms with Crippen LogP contribution in [0.25, 0.3) is 0 Å². The Hall–Kier alpha value is -2.06. The third kappa shape index (κ3) is 10.5. The number of hydrogen-bond acceptors (Lipinski definition) is 2. The third-order valence-electron chi connectivity index (χ3n) is 4.70. The number of benzene rings is 2. The molecule has 180 valence electrons. The van der Waals surface area contributed by atoms with Gasteiger partial charge in [0, 0.05) is 12.1 Å². The minimum atomic E-state index is -4.25. The van der Waals surface area contributed by atoms with Gasteiger partial charge in [0.2, 0.25) is 0 Å². The van der Waals surface area contributed by atoms with Crippen molar-refractivity contribution in [2.45, 2.75) is 65.0 Å². The zero-order chi connectivity index (χ0) is 24.4. The molecule has 32 heavy (non-hydrogen) atoms. The highest BCUT2D eigenvalue weighted by molar-refractivity contribution is 5.27. The number of likely N-dealkylation sites (N-methyl/N-ethyl adjacent to an activating group) is 2. The first-order valence-electron chi connectivity index (χ1n) is 10.7. The molecule has 2 nitrogen and oxygen atoms in total. The highest BCUT2D eigenvalue weighted by atomic mass is 19.4. The van der Waals surface area contributed by atoms with Crippen molar-refractivity contribution < 1.29 is 26.3 Å². The lowest BCUT2D eigenvalue weighted by Crippen LogP contribution is -2.27. The van der Waals surface area contributed by atoms with Crippen LogP contribution in [0.15, 0.2) is 48.5 Å². The van der Waals surface area contributed by atoms with Crippen LogP contribution >= 0.6 is 0 Å². The van der Waals surface area contributed by atoms with Crippen molar-refractivity contribution >= 4 is 0 Å². The van der Waals surface area contributed by atoms with Crippen LogP contribution in [0.4, 0.5) is 26.3 Å². The molecule has 0 amide bonds. The van der Waals surface area contributed by atoms with Gasteiger partial charge < -0.3 is 10.6 Å².